The standard InChI is InChI=1S/C20H27N3OS/c21-19(25)23-22-18-14-9-6-11-16(18)20(24)12-5-4-10-15(20)17(14)13-7-2-1-3-8-13/h1-3,7-8,14-17,24H,4-6,9-12H2,(H3,21,23,25)/t14-,15-,16+,17+,20+/m1/s1. The normalized spacial score (nSPS) is 38.8. The summed E-state index contributed by atoms with van der Waals surface area (Å²) in [6.45, 7) is 0. The smallest absolute Gasteiger partial charge is 0.184 e. The number of nitrogens with two attached hydrogens (primary N) is 1. The lowest BCUT2D eigenvalue weighted by molar-refractivity contribution is -0.111. The van der Waals surface area contributed by atoms with Gasteiger partial charge in [0.25, 0.3) is 0 Å². The Morgan fingerprint density at radius 1 is 1.16 bits per heavy atom. The van der Waals surface area contributed by atoms with Crippen LogP contribution in [-0.4, -0.2) is 21.5 Å². The first-order valence-corrected chi connectivity index (χ1v) is 9.92. The molecule has 3 fully saturated rings. The van der Waals surface area contributed by atoms with Crippen LogP contribution in [0, 0.1) is 17.8 Å². The number of nitrogens with zero attached hydrogens (tertiary/aromatic N) is 1. The average Bonchev–Trinajstić information content (AvgIpc) is 2.62. The van der Waals surface area contributed by atoms with Gasteiger partial charge in [-0.05, 0) is 55.3 Å². The number of benzene rings is 1. The maximum atomic E-state index is 11.8. The lowest BCUT2D eigenvalue weighted by Crippen LogP contribution is -2.61. The number of thiocarbonyl (C=S) groups is 1. The van der Waals surface area contributed by atoms with E-state index in [0.29, 0.717) is 17.8 Å². The second-order valence-electron chi connectivity index (χ2n) is 7.88. The number of fused-ring (bicyclic) bond motifs is 4. The largest absolute Gasteiger partial charge is 0.389 e. The molecule has 0 radical (unpaired) electrons. The van der Waals surface area contributed by atoms with Crippen molar-refractivity contribution in [3.63, 3.8) is 0 Å². The van der Waals surface area contributed by atoms with Crippen molar-refractivity contribution < 1.29 is 5.11 Å². The van der Waals surface area contributed by atoms with E-state index in [-0.39, 0.29) is 11.0 Å². The Balaban J connectivity index is 1.81. The highest BCUT2D eigenvalue weighted by Crippen LogP contribution is 2.58. The molecule has 0 unspecified atom stereocenters. The highest BCUT2D eigenvalue weighted by Gasteiger charge is 2.58. The second-order valence-corrected chi connectivity index (χ2v) is 8.32. The van der Waals surface area contributed by atoms with Crippen LogP contribution in [-0.2, 0) is 0 Å². The van der Waals surface area contributed by atoms with Gasteiger partial charge in [0, 0.05) is 17.5 Å². The Labute approximate surface area is 154 Å². The molecule has 0 aliphatic heterocycles. The van der Waals surface area contributed by atoms with Crippen molar-refractivity contribution in [2.24, 2.45) is 28.6 Å². The summed E-state index contributed by atoms with van der Waals surface area (Å²) >= 11 is 4.96. The van der Waals surface area contributed by atoms with Crippen LogP contribution in [0.5, 0.6) is 0 Å². The molecule has 2 bridgehead atoms. The van der Waals surface area contributed by atoms with Gasteiger partial charge in [-0.2, -0.15) is 5.10 Å². The van der Waals surface area contributed by atoms with Crippen molar-refractivity contribution >= 4 is 23.0 Å². The Bertz CT molecular complexity index is 677. The number of aliphatic hydroxyl groups is 1. The Morgan fingerprint density at radius 2 is 1.96 bits per heavy atom. The summed E-state index contributed by atoms with van der Waals surface area (Å²) in [6.07, 6.45) is 7.60. The van der Waals surface area contributed by atoms with E-state index < -0.39 is 5.60 Å². The summed E-state index contributed by atoms with van der Waals surface area (Å²) in [5.74, 6) is 1.16. The van der Waals surface area contributed by atoms with Gasteiger partial charge in [-0.1, -0.05) is 49.6 Å². The van der Waals surface area contributed by atoms with Gasteiger partial charge in [0.05, 0.1) is 5.60 Å². The molecule has 25 heavy (non-hydrogen) atoms. The quantitative estimate of drug-likeness (QED) is 0.561. The summed E-state index contributed by atoms with van der Waals surface area (Å²) in [4.78, 5) is 0. The molecular weight excluding hydrogens is 330 g/mol. The third-order valence-electron chi connectivity index (χ3n) is 6.68. The van der Waals surface area contributed by atoms with E-state index in [1.165, 1.54) is 12.0 Å². The molecule has 0 spiro atoms. The van der Waals surface area contributed by atoms with E-state index in [9.17, 15) is 5.11 Å². The minimum Gasteiger partial charge on any atom is -0.389 e. The van der Waals surface area contributed by atoms with Gasteiger partial charge in [-0.3, -0.25) is 5.43 Å². The summed E-state index contributed by atoms with van der Waals surface area (Å²) in [6, 6.07) is 10.7. The SMILES string of the molecule is NC(=S)NN=C1[C@@H]2CCC[C@@H]1[C@]1(O)CCCC[C@@H]1[C@H]2c1ccccc1. The third-order valence-corrected chi connectivity index (χ3v) is 6.77. The first-order chi connectivity index (χ1) is 12.1. The van der Waals surface area contributed by atoms with E-state index >= 15 is 0 Å². The van der Waals surface area contributed by atoms with Gasteiger partial charge in [-0.15, -0.1) is 0 Å². The molecule has 1 aromatic rings. The lowest BCUT2D eigenvalue weighted by Gasteiger charge is -2.57. The van der Waals surface area contributed by atoms with E-state index in [1.54, 1.807) is 0 Å². The van der Waals surface area contributed by atoms with Gasteiger partial charge in [0.2, 0.25) is 0 Å². The number of nitrogens with one attached hydrogen (secondary N) is 1. The van der Waals surface area contributed by atoms with Crippen LogP contribution in [0.3, 0.4) is 0 Å². The van der Waals surface area contributed by atoms with Gasteiger partial charge < -0.3 is 10.8 Å². The summed E-state index contributed by atoms with van der Waals surface area (Å²) in [5.41, 5.74) is 10.2. The summed E-state index contributed by atoms with van der Waals surface area (Å²) < 4.78 is 0. The van der Waals surface area contributed by atoms with E-state index in [1.807, 2.05) is 0 Å². The topological polar surface area (TPSA) is 70.6 Å². The molecule has 5 heteroatoms. The van der Waals surface area contributed by atoms with Gasteiger partial charge in [-0.25, -0.2) is 0 Å². The van der Waals surface area contributed by atoms with Crippen LogP contribution >= 0.6 is 12.2 Å². The molecule has 4 nitrogen and oxygen atoms in total. The monoisotopic (exact) mass is 357 g/mol. The van der Waals surface area contributed by atoms with E-state index in [4.69, 9.17) is 18.0 Å². The third kappa shape index (κ3) is 2.87. The molecule has 134 valence electrons. The van der Waals surface area contributed by atoms with Crippen LogP contribution in [0.25, 0.3) is 0 Å². The highest BCUT2D eigenvalue weighted by atomic mass is 32.1. The van der Waals surface area contributed by atoms with Gasteiger partial charge >= 0.3 is 0 Å². The van der Waals surface area contributed by atoms with E-state index in [2.05, 4.69) is 40.9 Å². The summed E-state index contributed by atoms with van der Waals surface area (Å²) in [7, 11) is 0. The minimum atomic E-state index is -0.646. The highest BCUT2D eigenvalue weighted by molar-refractivity contribution is 7.80. The van der Waals surface area contributed by atoms with Crippen molar-refractivity contribution in [1.82, 2.24) is 5.43 Å². The second kappa shape index (κ2) is 6.69. The summed E-state index contributed by atoms with van der Waals surface area (Å²) in [5, 5.41) is 16.6. The first kappa shape index (κ1) is 17.0. The van der Waals surface area contributed by atoms with Crippen molar-refractivity contribution in [1.29, 1.82) is 0 Å². The van der Waals surface area contributed by atoms with Crippen molar-refractivity contribution in [3.05, 3.63) is 35.9 Å². The van der Waals surface area contributed by atoms with Crippen molar-refractivity contribution in [3.8, 4) is 0 Å². The lowest BCUT2D eigenvalue weighted by atomic mass is 9.49. The molecule has 3 aliphatic carbocycles. The molecule has 0 amide bonds. The zero-order valence-corrected chi connectivity index (χ0v) is 15.3. The Morgan fingerprint density at radius 3 is 2.72 bits per heavy atom. The van der Waals surface area contributed by atoms with Crippen LogP contribution < -0.4 is 11.2 Å². The van der Waals surface area contributed by atoms with Crippen molar-refractivity contribution in [2.45, 2.75) is 56.5 Å². The number of rotatable bonds is 2. The molecule has 5 atom stereocenters. The fourth-order valence-electron chi connectivity index (χ4n) is 5.80. The number of hydrogen-bond donors (Lipinski definition) is 3. The van der Waals surface area contributed by atoms with Crippen LogP contribution in [0.4, 0.5) is 0 Å². The number of hydrogen-bond acceptors (Lipinski definition) is 3. The fourth-order valence-corrected chi connectivity index (χ4v) is 5.84. The van der Waals surface area contributed by atoms with Gasteiger partial charge in [0.1, 0.15) is 0 Å². The average molecular weight is 358 g/mol. The molecule has 4 N–H and O–H groups in total. The molecule has 4 rings (SSSR count). The number of hydrazone groups is 1. The molecule has 0 saturated heterocycles. The van der Waals surface area contributed by atoms with Crippen LogP contribution in [0.1, 0.15) is 56.4 Å². The molecule has 3 aliphatic rings. The van der Waals surface area contributed by atoms with Crippen LogP contribution in [0.15, 0.2) is 35.4 Å². The van der Waals surface area contributed by atoms with Crippen molar-refractivity contribution in [2.75, 3.05) is 0 Å². The minimum absolute atomic E-state index is 0.137. The zero-order chi connectivity index (χ0) is 17.4. The molecule has 0 aromatic heterocycles. The Kier molecular flexibility index (Phi) is 4.54. The zero-order valence-electron chi connectivity index (χ0n) is 14.5. The maximum absolute atomic E-state index is 11.8. The van der Waals surface area contributed by atoms with E-state index in [0.717, 1.165) is 44.2 Å². The first-order valence-electron chi connectivity index (χ1n) is 9.51. The molecule has 3 saturated carbocycles. The molecule has 1 aromatic carbocycles. The van der Waals surface area contributed by atoms with Crippen LogP contribution in [0.2, 0.25) is 0 Å². The predicted molar refractivity (Wildman–Crippen MR) is 104 cm³/mol. The van der Waals surface area contributed by atoms with Gasteiger partial charge in [0.15, 0.2) is 5.11 Å². The molecular formula is C20H27N3OS. The Hall–Kier alpha value is -1.46. The maximum Gasteiger partial charge on any atom is 0.184 e. The predicted octanol–water partition coefficient (Wildman–Crippen LogP) is 3.31. The fraction of sp³-hybridized carbons (Fsp3) is 0.600. The molecule has 0 heterocycles.